The molecule has 0 rings (SSSR count). The molecule has 0 saturated heterocycles. The number of rotatable bonds is 3. The normalized spacial score (nSPS) is 14.3. The fourth-order valence-electron chi connectivity index (χ4n) is 1.11. The summed E-state index contributed by atoms with van der Waals surface area (Å²) in [5.74, 6) is -0.591. The van der Waals surface area contributed by atoms with E-state index >= 15 is 0 Å². The second kappa shape index (κ2) is 4.33. The van der Waals surface area contributed by atoms with Gasteiger partial charge in [0.05, 0.1) is 0 Å². The number of allylic oxidation sites excluding steroid dienone is 1. The molecule has 0 unspecified atom stereocenters. The minimum Gasteiger partial charge on any atom is -0.478 e. The number of aliphatic carboxylic acids is 1. The standard InChI is InChI=1S/C8H16O2Si/c1-5(2)7(8(9)10)6(3)11-4/h5H,11H2,1-4H3,(H,9,10). The van der Waals surface area contributed by atoms with Crippen LogP contribution >= 0.6 is 0 Å². The summed E-state index contributed by atoms with van der Waals surface area (Å²) in [6.07, 6.45) is 0. The zero-order valence-electron chi connectivity index (χ0n) is 7.64. The van der Waals surface area contributed by atoms with E-state index in [0.29, 0.717) is 5.57 Å². The van der Waals surface area contributed by atoms with Crippen molar-refractivity contribution in [2.75, 3.05) is 0 Å². The minimum absolute atomic E-state index is 0.153. The molecule has 0 radical (unpaired) electrons. The van der Waals surface area contributed by atoms with Crippen LogP contribution in [0.1, 0.15) is 20.8 Å². The van der Waals surface area contributed by atoms with Crippen LogP contribution in [0.2, 0.25) is 6.55 Å². The van der Waals surface area contributed by atoms with E-state index in [0.717, 1.165) is 5.20 Å². The summed E-state index contributed by atoms with van der Waals surface area (Å²) in [6.45, 7) is 7.91. The average Bonchev–Trinajstić information content (AvgIpc) is 1.85. The Balaban J connectivity index is 4.73. The molecule has 0 aromatic rings. The van der Waals surface area contributed by atoms with Crippen molar-refractivity contribution in [3.63, 3.8) is 0 Å². The van der Waals surface area contributed by atoms with Crippen molar-refractivity contribution in [1.82, 2.24) is 0 Å². The van der Waals surface area contributed by atoms with Gasteiger partial charge < -0.3 is 5.11 Å². The molecule has 0 spiro atoms. The first kappa shape index (κ1) is 10.4. The van der Waals surface area contributed by atoms with Crippen LogP contribution in [0.25, 0.3) is 0 Å². The zero-order valence-corrected chi connectivity index (χ0v) is 9.05. The van der Waals surface area contributed by atoms with Gasteiger partial charge in [-0.15, -0.1) is 0 Å². The van der Waals surface area contributed by atoms with Gasteiger partial charge in [-0.3, -0.25) is 0 Å². The van der Waals surface area contributed by atoms with E-state index in [-0.39, 0.29) is 15.4 Å². The highest BCUT2D eigenvalue weighted by molar-refractivity contribution is 6.44. The van der Waals surface area contributed by atoms with Crippen molar-refractivity contribution in [1.29, 1.82) is 0 Å². The summed E-state index contributed by atoms with van der Waals surface area (Å²) >= 11 is 0. The van der Waals surface area contributed by atoms with Gasteiger partial charge >= 0.3 is 5.97 Å². The second-order valence-electron chi connectivity index (χ2n) is 3.01. The second-order valence-corrected chi connectivity index (χ2v) is 4.78. The van der Waals surface area contributed by atoms with Crippen LogP contribution in [0.4, 0.5) is 0 Å². The van der Waals surface area contributed by atoms with Gasteiger partial charge in [0.2, 0.25) is 0 Å². The van der Waals surface area contributed by atoms with Crippen molar-refractivity contribution in [3.05, 3.63) is 10.8 Å². The van der Waals surface area contributed by atoms with Crippen LogP contribution in [0.15, 0.2) is 10.8 Å². The molecule has 0 fully saturated rings. The maximum atomic E-state index is 10.7. The third-order valence-electron chi connectivity index (χ3n) is 1.80. The van der Waals surface area contributed by atoms with Crippen LogP contribution in [0.3, 0.4) is 0 Å². The van der Waals surface area contributed by atoms with Gasteiger partial charge in [0.15, 0.2) is 0 Å². The Hall–Kier alpha value is -0.573. The SMILES string of the molecule is C[SiH2]C(C)=C(C(=O)O)C(C)C. The molecule has 11 heavy (non-hydrogen) atoms. The number of hydrogen-bond acceptors (Lipinski definition) is 1. The van der Waals surface area contributed by atoms with Gasteiger partial charge in [0, 0.05) is 15.1 Å². The van der Waals surface area contributed by atoms with Crippen LogP contribution in [0.5, 0.6) is 0 Å². The van der Waals surface area contributed by atoms with Crippen molar-refractivity contribution >= 4 is 15.5 Å². The fraction of sp³-hybridized carbons (Fsp3) is 0.625. The van der Waals surface area contributed by atoms with Crippen LogP contribution in [0, 0.1) is 5.92 Å². The Labute approximate surface area is 70.1 Å². The third kappa shape index (κ3) is 2.88. The van der Waals surface area contributed by atoms with Crippen LogP contribution < -0.4 is 0 Å². The van der Waals surface area contributed by atoms with E-state index in [1.54, 1.807) is 0 Å². The topological polar surface area (TPSA) is 37.3 Å². The fourth-order valence-corrected chi connectivity index (χ4v) is 2.05. The Morgan fingerprint density at radius 1 is 1.45 bits per heavy atom. The maximum Gasteiger partial charge on any atom is 0.331 e. The Kier molecular flexibility index (Phi) is 4.11. The number of carboxylic acids is 1. The summed E-state index contributed by atoms with van der Waals surface area (Å²) in [5.41, 5.74) is 0.624. The summed E-state index contributed by atoms with van der Waals surface area (Å²) in [6, 6.07) is 0. The molecule has 64 valence electrons. The third-order valence-corrected chi connectivity index (χ3v) is 3.24. The zero-order chi connectivity index (χ0) is 9.02. The first-order valence-electron chi connectivity index (χ1n) is 3.93. The molecular formula is C8H16O2Si. The van der Waals surface area contributed by atoms with Crippen molar-refractivity contribution in [2.24, 2.45) is 5.92 Å². The smallest absolute Gasteiger partial charge is 0.331 e. The molecular weight excluding hydrogens is 156 g/mol. The number of carboxylic acid groups (broad SMARTS) is 1. The summed E-state index contributed by atoms with van der Waals surface area (Å²) in [7, 11) is -0.296. The predicted molar refractivity (Wildman–Crippen MR) is 49.6 cm³/mol. The molecule has 0 atom stereocenters. The molecule has 0 aliphatic rings. The average molecular weight is 172 g/mol. The lowest BCUT2D eigenvalue weighted by atomic mass is 10.0. The Morgan fingerprint density at radius 3 is 2.00 bits per heavy atom. The molecule has 0 aromatic heterocycles. The first-order valence-corrected chi connectivity index (χ1v) is 6.05. The van der Waals surface area contributed by atoms with E-state index < -0.39 is 5.97 Å². The molecule has 0 saturated carbocycles. The van der Waals surface area contributed by atoms with Crippen molar-refractivity contribution in [3.8, 4) is 0 Å². The molecule has 0 heterocycles. The maximum absolute atomic E-state index is 10.7. The predicted octanol–water partition coefficient (Wildman–Crippen LogP) is 1.22. The quantitative estimate of drug-likeness (QED) is 0.513. The lowest BCUT2D eigenvalue weighted by Crippen LogP contribution is -2.11. The highest BCUT2D eigenvalue weighted by atomic mass is 28.2. The van der Waals surface area contributed by atoms with Gasteiger partial charge in [0.25, 0.3) is 0 Å². The minimum atomic E-state index is -0.744. The van der Waals surface area contributed by atoms with Gasteiger partial charge in [0.1, 0.15) is 0 Å². The monoisotopic (exact) mass is 172 g/mol. The molecule has 3 heteroatoms. The molecule has 0 aliphatic heterocycles. The van der Waals surface area contributed by atoms with Gasteiger partial charge in [-0.05, 0) is 12.8 Å². The molecule has 0 aromatic carbocycles. The molecule has 0 bridgehead atoms. The van der Waals surface area contributed by atoms with E-state index in [2.05, 4.69) is 6.55 Å². The van der Waals surface area contributed by atoms with Gasteiger partial charge in [-0.1, -0.05) is 25.6 Å². The summed E-state index contributed by atoms with van der Waals surface area (Å²) < 4.78 is 0. The van der Waals surface area contributed by atoms with Gasteiger partial charge in [-0.25, -0.2) is 4.79 Å². The van der Waals surface area contributed by atoms with E-state index in [1.165, 1.54) is 0 Å². The number of hydrogen-bond donors (Lipinski definition) is 1. The van der Waals surface area contributed by atoms with E-state index in [9.17, 15) is 4.79 Å². The number of carbonyl (C=O) groups is 1. The van der Waals surface area contributed by atoms with E-state index in [4.69, 9.17) is 5.11 Å². The Bertz CT molecular complexity index is 183. The first-order chi connectivity index (χ1) is 5.00. The summed E-state index contributed by atoms with van der Waals surface area (Å²) in [5, 5.41) is 9.93. The van der Waals surface area contributed by atoms with Gasteiger partial charge in [-0.2, -0.15) is 0 Å². The molecule has 2 nitrogen and oxygen atoms in total. The lowest BCUT2D eigenvalue weighted by Gasteiger charge is -2.09. The van der Waals surface area contributed by atoms with Crippen molar-refractivity contribution in [2.45, 2.75) is 27.3 Å². The molecule has 1 N–H and O–H groups in total. The Morgan fingerprint density at radius 2 is 1.91 bits per heavy atom. The highest BCUT2D eigenvalue weighted by Crippen LogP contribution is 2.13. The summed E-state index contributed by atoms with van der Waals surface area (Å²) in [4.78, 5) is 10.7. The highest BCUT2D eigenvalue weighted by Gasteiger charge is 2.13. The lowest BCUT2D eigenvalue weighted by molar-refractivity contribution is -0.133. The van der Waals surface area contributed by atoms with Crippen LogP contribution in [-0.2, 0) is 4.79 Å². The molecule has 0 aliphatic carbocycles. The van der Waals surface area contributed by atoms with Crippen LogP contribution in [-0.4, -0.2) is 20.6 Å². The molecule has 0 amide bonds. The van der Waals surface area contributed by atoms with Crippen molar-refractivity contribution < 1.29 is 9.90 Å². The largest absolute Gasteiger partial charge is 0.478 e. The van der Waals surface area contributed by atoms with E-state index in [1.807, 2.05) is 20.8 Å².